The van der Waals surface area contributed by atoms with E-state index in [0.29, 0.717) is 18.2 Å². The van der Waals surface area contributed by atoms with Crippen LogP contribution in [0.25, 0.3) is 16.8 Å². The van der Waals surface area contributed by atoms with Gasteiger partial charge in [-0.15, -0.1) is 18.3 Å². The van der Waals surface area contributed by atoms with E-state index in [-0.39, 0.29) is 0 Å². The number of hydrogen-bond acceptors (Lipinski definition) is 3. The maximum atomic E-state index is 10.0. The maximum Gasteiger partial charge on any atom is 0.119 e. The molecular formula is C19H19NOS. The van der Waals surface area contributed by atoms with E-state index in [2.05, 4.69) is 48.8 Å². The fraction of sp³-hybridized carbons (Fsp3) is 0.211. The summed E-state index contributed by atoms with van der Waals surface area (Å²) < 4.78 is 0. The molecule has 0 aliphatic carbocycles. The van der Waals surface area contributed by atoms with Gasteiger partial charge < -0.3 is 5.11 Å². The molecule has 1 aliphatic rings. The Balaban J connectivity index is 1.93. The van der Waals surface area contributed by atoms with Crippen LogP contribution in [0.4, 0.5) is 0 Å². The first-order valence-corrected chi connectivity index (χ1v) is 8.40. The van der Waals surface area contributed by atoms with E-state index in [4.69, 9.17) is 0 Å². The summed E-state index contributed by atoms with van der Waals surface area (Å²) in [7, 11) is 0. The van der Waals surface area contributed by atoms with Gasteiger partial charge in [0.15, 0.2) is 0 Å². The molecule has 1 heterocycles. The second kappa shape index (κ2) is 6.41. The molecule has 2 aromatic rings. The number of hydrogen-bond donors (Lipinski definition) is 1. The molecule has 1 unspecified atom stereocenters. The lowest BCUT2D eigenvalue weighted by Crippen LogP contribution is -1.92. The third-order valence-electron chi connectivity index (χ3n) is 3.72. The first-order valence-electron chi connectivity index (χ1n) is 7.41. The van der Waals surface area contributed by atoms with Gasteiger partial charge in [-0.05, 0) is 47.9 Å². The minimum absolute atomic E-state index is 0.335. The number of fused-ring (bicyclic) bond motifs is 1. The van der Waals surface area contributed by atoms with Crippen LogP contribution in [0.1, 0.15) is 18.1 Å². The molecule has 0 fully saturated rings. The molecule has 0 amide bonds. The Morgan fingerprint density at radius 2 is 2.18 bits per heavy atom. The van der Waals surface area contributed by atoms with Gasteiger partial charge in [-0.25, -0.2) is 0 Å². The molecule has 0 bridgehead atoms. The number of thioether (sulfide) groups is 1. The highest BCUT2D eigenvalue weighted by Crippen LogP contribution is 2.29. The van der Waals surface area contributed by atoms with Crippen molar-refractivity contribution in [3.8, 4) is 5.75 Å². The van der Waals surface area contributed by atoms with E-state index in [1.807, 2.05) is 12.1 Å². The van der Waals surface area contributed by atoms with Gasteiger partial charge in [0.2, 0.25) is 0 Å². The molecule has 1 N–H and O–H groups in total. The number of benzene rings is 2. The standard InChI is InChI=1S/C19H19NOS/c1-3-4-17-16-8-5-14(11-15(16)7-9-18(17)21)6-10-19-20-13(2)12-22-19/h3,5-11,13,21H,1,4,12H2,2H3/b10-6+. The lowest BCUT2D eigenvalue weighted by Gasteiger charge is -2.08. The van der Waals surface area contributed by atoms with Crippen LogP contribution in [0.5, 0.6) is 5.75 Å². The molecule has 2 aromatic carbocycles. The van der Waals surface area contributed by atoms with Crippen LogP contribution in [0.3, 0.4) is 0 Å². The molecule has 1 atom stereocenters. The fourth-order valence-electron chi connectivity index (χ4n) is 2.62. The SMILES string of the molecule is C=CCc1c(O)ccc2cc(/C=C/C3=NC(C)CS3)ccc12. The summed E-state index contributed by atoms with van der Waals surface area (Å²) in [5.41, 5.74) is 2.08. The van der Waals surface area contributed by atoms with E-state index in [1.165, 1.54) is 0 Å². The van der Waals surface area contributed by atoms with Gasteiger partial charge in [-0.3, -0.25) is 4.99 Å². The van der Waals surface area contributed by atoms with Gasteiger partial charge in [0.05, 0.1) is 11.1 Å². The quantitative estimate of drug-likeness (QED) is 0.821. The summed E-state index contributed by atoms with van der Waals surface area (Å²) >= 11 is 1.80. The zero-order valence-corrected chi connectivity index (χ0v) is 13.4. The number of allylic oxidation sites excluding steroid dienone is 1. The molecule has 0 saturated carbocycles. The summed E-state index contributed by atoms with van der Waals surface area (Å²) in [6, 6.07) is 10.4. The Morgan fingerprint density at radius 3 is 2.91 bits per heavy atom. The number of rotatable bonds is 4. The normalized spacial score (nSPS) is 18.0. The van der Waals surface area contributed by atoms with Crippen LogP contribution in [0.15, 0.2) is 54.1 Å². The van der Waals surface area contributed by atoms with E-state index in [0.717, 1.165) is 32.7 Å². The Hall–Kier alpha value is -2.00. The van der Waals surface area contributed by atoms with Crippen molar-refractivity contribution in [1.29, 1.82) is 0 Å². The van der Waals surface area contributed by atoms with Crippen molar-refractivity contribution in [1.82, 2.24) is 0 Å². The van der Waals surface area contributed by atoms with E-state index in [9.17, 15) is 5.11 Å². The van der Waals surface area contributed by atoms with E-state index in [1.54, 1.807) is 17.8 Å². The van der Waals surface area contributed by atoms with E-state index >= 15 is 0 Å². The molecule has 112 valence electrons. The van der Waals surface area contributed by atoms with Crippen LogP contribution in [-0.4, -0.2) is 21.9 Å². The molecule has 22 heavy (non-hydrogen) atoms. The minimum atomic E-state index is 0.335. The highest BCUT2D eigenvalue weighted by molar-refractivity contribution is 8.14. The van der Waals surface area contributed by atoms with Crippen molar-refractivity contribution in [2.24, 2.45) is 4.99 Å². The van der Waals surface area contributed by atoms with Gasteiger partial charge in [-0.1, -0.05) is 30.4 Å². The first kappa shape index (κ1) is 14.9. The lowest BCUT2D eigenvalue weighted by molar-refractivity contribution is 0.471. The molecule has 1 aliphatic heterocycles. The molecule has 0 aromatic heterocycles. The van der Waals surface area contributed by atoms with Crippen LogP contribution in [0, 0.1) is 0 Å². The zero-order chi connectivity index (χ0) is 15.5. The summed E-state index contributed by atoms with van der Waals surface area (Å²) in [6.45, 7) is 5.90. The molecule has 0 saturated heterocycles. The predicted octanol–water partition coefficient (Wildman–Crippen LogP) is 4.82. The van der Waals surface area contributed by atoms with Gasteiger partial charge in [0.25, 0.3) is 0 Å². The Morgan fingerprint density at radius 1 is 1.32 bits per heavy atom. The largest absolute Gasteiger partial charge is 0.508 e. The molecule has 3 heteroatoms. The van der Waals surface area contributed by atoms with Crippen molar-refractivity contribution in [3.05, 3.63) is 60.2 Å². The van der Waals surface area contributed by atoms with Crippen LogP contribution in [-0.2, 0) is 6.42 Å². The zero-order valence-electron chi connectivity index (χ0n) is 12.6. The molecule has 3 rings (SSSR count). The summed E-state index contributed by atoms with van der Waals surface area (Å²) in [5.74, 6) is 1.41. The topological polar surface area (TPSA) is 32.6 Å². The summed E-state index contributed by atoms with van der Waals surface area (Å²) in [5, 5.41) is 13.3. The first-order chi connectivity index (χ1) is 10.7. The Kier molecular flexibility index (Phi) is 4.34. The van der Waals surface area contributed by atoms with Crippen molar-refractivity contribution in [3.63, 3.8) is 0 Å². The Bertz CT molecular complexity index is 776. The number of nitrogens with zero attached hydrogens (tertiary/aromatic N) is 1. The van der Waals surface area contributed by atoms with Crippen LogP contribution >= 0.6 is 11.8 Å². The second-order valence-corrected chi connectivity index (χ2v) is 6.54. The van der Waals surface area contributed by atoms with Crippen molar-refractivity contribution < 1.29 is 5.11 Å². The fourth-order valence-corrected chi connectivity index (χ4v) is 3.53. The third kappa shape index (κ3) is 3.09. The van der Waals surface area contributed by atoms with Crippen LogP contribution in [0.2, 0.25) is 0 Å². The van der Waals surface area contributed by atoms with Gasteiger partial charge in [0.1, 0.15) is 5.75 Å². The second-order valence-electron chi connectivity index (χ2n) is 5.50. The monoisotopic (exact) mass is 309 g/mol. The third-order valence-corrected chi connectivity index (χ3v) is 4.90. The average molecular weight is 309 g/mol. The maximum absolute atomic E-state index is 10.0. The number of aromatic hydroxyl groups is 1. The van der Waals surface area contributed by atoms with Crippen LogP contribution < -0.4 is 0 Å². The van der Waals surface area contributed by atoms with Crippen molar-refractivity contribution >= 4 is 33.7 Å². The minimum Gasteiger partial charge on any atom is -0.508 e. The molecular weight excluding hydrogens is 290 g/mol. The Labute approximate surface area is 135 Å². The van der Waals surface area contributed by atoms with Gasteiger partial charge >= 0.3 is 0 Å². The average Bonchev–Trinajstić information content (AvgIpc) is 2.94. The number of phenols is 1. The van der Waals surface area contributed by atoms with Crippen molar-refractivity contribution in [2.75, 3.05) is 5.75 Å². The predicted molar refractivity (Wildman–Crippen MR) is 97.9 cm³/mol. The molecule has 2 nitrogen and oxygen atoms in total. The number of phenolic OH excluding ortho intramolecular Hbond substituents is 1. The van der Waals surface area contributed by atoms with Crippen molar-refractivity contribution in [2.45, 2.75) is 19.4 Å². The molecule has 0 radical (unpaired) electrons. The van der Waals surface area contributed by atoms with E-state index < -0.39 is 0 Å². The molecule has 0 spiro atoms. The van der Waals surface area contributed by atoms with Gasteiger partial charge in [-0.2, -0.15) is 0 Å². The number of aliphatic imine (C=N–C) groups is 1. The summed E-state index contributed by atoms with van der Waals surface area (Å²) in [4.78, 5) is 4.56. The summed E-state index contributed by atoms with van der Waals surface area (Å²) in [6.07, 6.45) is 6.67. The smallest absolute Gasteiger partial charge is 0.119 e. The van der Waals surface area contributed by atoms with Gasteiger partial charge in [0, 0.05) is 11.3 Å². The lowest BCUT2D eigenvalue weighted by atomic mass is 9.99. The highest BCUT2D eigenvalue weighted by atomic mass is 32.2. The highest BCUT2D eigenvalue weighted by Gasteiger charge is 2.11.